The second-order valence-electron chi connectivity index (χ2n) is 1.94. The first kappa shape index (κ1) is 9.61. The number of hydrogen-bond donors (Lipinski definition) is 0. The van der Waals surface area contributed by atoms with E-state index in [1.165, 1.54) is 6.33 Å². The SMILES string of the molecule is CCSc1ncnc(Cl)c1OC. The fourth-order valence-electron chi connectivity index (χ4n) is 0.749. The molecule has 0 bridgehead atoms. The summed E-state index contributed by atoms with van der Waals surface area (Å²) in [6, 6.07) is 0. The van der Waals surface area contributed by atoms with Gasteiger partial charge in [0.2, 0.25) is 0 Å². The highest BCUT2D eigenvalue weighted by Crippen LogP contribution is 2.31. The number of rotatable bonds is 3. The van der Waals surface area contributed by atoms with Gasteiger partial charge in [0.1, 0.15) is 11.4 Å². The number of methoxy groups -OCH3 is 1. The molecular formula is C7H9ClN2OS. The van der Waals surface area contributed by atoms with Crippen molar-refractivity contribution >= 4 is 23.4 Å². The molecule has 1 heterocycles. The lowest BCUT2D eigenvalue weighted by Gasteiger charge is -2.05. The lowest BCUT2D eigenvalue weighted by molar-refractivity contribution is 0.398. The second kappa shape index (κ2) is 4.52. The molecule has 5 heteroatoms. The van der Waals surface area contributed by atoms with E-state index in [1.807, 2.05) is 6.92 Å². The minimum Gasteiger partial charge on any atom is -0.491 e. The van der Waals surface area contributed by atoms with Crippen molar-refractivity contribution in [3.8, 4) is 5.75 Å². The van der Waals surface area contributed by atoms with Gasteiger partial charge in [0.15, 0.2) is 10.9 Å². The third-order valence-corrected chi connectivity index (χ3v) is 2.34. The summed E-state index contributed by atoms with van der Waals surface area (Å²) < 4.78 is 5.05. The van der Waals surface area contributed by atoms with Crippen LogP contribution in [0.2, 0.25) is 5.15 Å². The van der Waals surface area contributed by atoms with Crippen molar-refractivity contribution in [2.75, 3.05) is 12.9 Å². The summed E-state index contributed by atoms with van der Waals surface area (Å²) in [6.45, 7) is 2.04. The van der Waals surface area contributed by atoms with E-state index >= 15 is 0 Å². The zero-order valence-electron chi connectivity index (χ0n) is 6.87. The van der Waals surface area contributed by atoms with Crippen LogP contribution in [0.5, 0.6) is 5.75 Å². The topological polar surface area (TPSA) is 35.0 Å². The Morgan fingerprint density at radius 1 is 1.58 bits per heavy atom. The van der Waals surface area contributed by atoms with E-state index < -0.39 is 0 Å². The zero-order chi connectivity index (χ0) is 8.97. The van der Waals surface area contributed by atoms with Crippen molar-refractivity contribution in [3.63, 3.8) is 0 Å². The third kappa shape index (κ3) is 2.01. The van der Waals surface area contributed by atoms with E-state index in [4.69, 9.17) is 16.3 Å². The van der Waals surface area contributed by atoms with Crippen molar-refractivity contribution in [2.45, 2.75) is 11.9 Å². The van der Waals surface area contributed by atoms with Gasteiger partial charge < -0.3 is 4.74 Å². The molecule has 0 fully saturated rings. The quantitative estimate of drug-likeness (QED) is 0.559. The van der Waals surface area contributed by atoms with Crippen LogP contribution in [0, 0.1) is 0 Å². The van der Waals surface area contributed by atoms with Gasteiger partial charge in [-0.25, -0.2) is 9.97 Å². The summed E-state index contributed by atoms with van der Waals surface area (Å²) in [6.07, 6.45) is 1.43. The van der Waals surface area contributed by atoms with Crippen LogP contribution in [0.15, 0.2) is 11.4 Å². The van der Waals surface area contributed by atoms with Crippen molar-refractivity contribution in [2.24, 2.45) is 0 Å². The van der Waals surface area contributed by atoms with Gasteiger partial charge in [-0.1, -0.05) is 18.5 Å². The molecule has 0 radical (unpaired) electrons. The lowest BCUT2D eigenvalue weighted by atomic mass is 10.6. The Labute approximate surface area is 80.5 Å². The first-order valence-electron chi connectivity index (χ1n) is 3.46. The predicted molar refractivity (Wildman–Crippen MR) is 50.0 cm³/mol. The van der Waals surface area contributed by atoms with Crippen LogP contribution in [0.25, 0.3) is 0 Å². The van der Waals surface area contributed by atoms with Crippen LogP contribution in [-0.2, 0) is 0 Å². The Bertz CT molecular complexity index is 270. The summed E-state index contributed by atoms with van der Waals surface area (Å²) >= 11 is 7.36. The molecule has 0 N–H and O–H groups in total. The number of nitrogens with zero attached hydrogens (tertiary/aromatic N) is 2. The first-order valence-corrected chi connectivity index (χ1v) is 4.83. The number of thioether (sulfide) groups is 1. The van der Waals surface area contributed by atoms with Crippen molar-refractivity contribution < 1.29 is 4.74 Å². The fraction of sp³-hybridized carbons (Fsp3) is 0.429. The van der Waals surface area contributed by atoms with Gasteiger partial charge in [0.05, 0.1) is 7.11 Å². The van der Waals surface area contributed by atoms with Crippen LogP contribution >= 0.6 is 23.4 Å². The second-order valence-corrected chi connectivity index (χ2v) is 3.55. The molecule has 66 valence electrons. The molecule has 0 aromatic carbocycles. The van der Waals surface area contributed by atoms with Gasteiger partial charge in [-0.05, 0) is 5.75 Å². The number of ether oxygens (including phenoxy) is 1. The highest BCUT2D eigenvalue weighted by atomic mass is 35.5. The highest BCUT2D eigenvalue weighted by Gasteiger charge is 2.08. The molecule has 3 nitrogen and oxygen atoms in total. The molecule has 0 amide bonds. The number of hydrogen-bond acceptors (Lipinski definition) is 4. The van der Waals surface area contributed by atoms with Crippen molar-refractivity contribution in [1.29, 1.82) is 0 Å². The normalized spacial score (nSPS) is 9.92. The summed E-state index contributed by atoms with van der Waals surface area (Å²) in [5, 5.41) is 1.16. The van der Waals surface area contributed by atoms with Gasteiger partial charge in [-0.2, -0.15) is 0 Å². The molecule has 0 unspecified atom stereocenters. The monoisotopic (exact) mass is 204 g/mol. The maximum Gasteiger partial charge on any atom is 0.188 e. The average molecular weight is 205 g/mol. The summed E-state index contributed by atoms with van der Waals surface area (Å²) in [5.74, 6) is 1.50. The average Bonchev–Trinajstić information content (AvgIpc) is 2.05. The highest BCUT2D eigenvalue weighted by molar-refractivity contribution is 7.99. The van der Waals surface area contributed by atoms with Crippen LogP contribution < -0.4 is 4.74 Å². The van der Waals surface area contributed by atoms with Gasteiger partial charge in [0.25, 0.3) is 0 Å². The van der Waals surface area contributed by atoms with Gasteiger partial charge in [-0.3, -0.25) is 0 Å². The Morgan fingerprint density at radius 2 is 2.33 bits per heavy atom. The maximum absolute atomic E-state index is 5.78. The first-order chi connectivity index (χ1) is 5.79. The molecule has 12 heavy (non-hydrogen) atoms. The smallest absolute Gasteiger partial charge is 0.188 e. The zero-order valence-corrected chi connectivity index (χ0v) is 8.45. The van der Waals surface area contributed by atoms with Crippen molar-refractivity contribution in [1.82, 2.24) is 9.97 Å². The lowest BCUT2D eigenvalue weighted by Crippen LogP contribution is -1.92. The minimum absolute atomic E-state index is 0.364. The van der Waals surface area contributed by atoms with Crippen LogP contribution in [0.4, 0.5) is 0 Å². The largest absolute Gasteiger partial charge is 0.491 e. The molecule has 1 rings (SSSR count). The fourth-order valence-corrected chi connectivity index (χ4v) is 1.72. The Balaban J connectivity index is 3.00. The summed E-state index contributed by atoms with van der Waals surface area (Å²) in [7, 11) is 1.56. The van der Waals surface area contributed by atoms with E-state index in [-0.39, 0.29) is 0 Å². The van der Waals surface area contributed by atoms with Crippen LogP contribution in [0.3, 0.4) is 0 Å². The molecular weight excluding hydrogens is 196 g/mol. The van der Waals surface area contributed by atoms with E-state index in [2.05, 4.69) is 9.97 Å². The molecule has 1 aromatic rings. The molecule has 0 saturated heterocycles. The minimum atomic E-state index is 0.364. The van der Waals surface area contributed by atoms with Gasteiger partial charge in [0, 0.05) is 0 Å². The van der Waals surface area contributed by atoms with E-state index in [1.54, 1.807) is 18.9 Å². The standard InChI is InChI=1S/C7H9ClN2OS/c1-3-12-7-5(11-2)6(8)9-4-10-7/h4H,3H2,1-2H3. The molecule has 0 spiro atoms. The molecule has 0 aliphatic heterocycles. The summed E-state index contributed by atoms with van der Waals surface area (Å²) in [4.78, 5) is 7.85. The van der Waals surface area contributed by atoms with E-state index in [0.717, 1.165) is 10.8 Å². The third-order valence-electron chi connectivity index (χ3n) is 1.21. The van der Waals surface area contributed by atoms with Crippen LogP contribution in [0.1, 0.15) is 6.92 Å². The number of halogens is 1. The number of aromatic nitrogens is 2. The molecule has 0 atom stereocenters. The molecule has 0 aliphatic rings. The summed E-state index contributed by atoms with van der Waals surface area (Å²) in [5.41, 5.74) is 0. The Hall–Kier alpha value is -0.480. The van der Waals surface area contributed by atoms with Crippen molar-refractivity contribution in [3.05, 3.63) is 11.5 Å². The van der Waals surface area contributed by atoms with Crippen LogP contribution in [-0.4, -0.2) is 22.8 Å². The molecule has 0 aliphatic carbocycles. The Morgan fingerprint density at radius 3 is 2.92 bits per heavy atom. The van der Waals surface area contributed by atoms with E-state index in [9.17, 15) is 0 Å². The molecule has 0 saturated carbocycles. The van der Waals surface area contributed by atoms with Gasteiger partial charge in [-0.15, -0.1) is 11.8 Å². The molecule has 1 aromatic heterocycles. The van der Waals surface area contributed by atoms with E-state index in [0.29, 0.717) is 10.9 Å². The van der Waals surface area contributed by atoms with Gasteiger partial charge >= 0.3 is 0 Å². The predicted octanol–water partition coefficient (Wildman–Crippen LogP) is 2.25. The maximum atomic E-state index is 5.78. The Kier molecular flexibility index (Phi) is 3.62.